The minimum Gasteiger partial charge on any atom is -0.497 e. The van der Waals surface area contributed by atoms with Gasteiger partial charge >= 0.3 is 17.2 Å². The normalized spacial score (nSPS) is 13.8. The summed E-state index contributed by atoms with van der Waals surface area (Å²) >= 11 is 6.34. The second kappa shape index (κ2) is 11.4. The van der Waals surface area contributed by atoms with E-state index in [2.05, 4.69) is 9.97 Å². The lowest BCUT2D eigenvalue weighted by Crippen LogP contribution is -2.43. The van der Waals surface area contributed by atoms with Crippen LogP contribution in [-0.4, -0.2) is 40.4 Å². The lowest BCUT2D eigenvalue weighted by atomic mass is 9.95. The SMILES string of the molecule is COc1ccc(-c2ccccc2)c(C(Cl)(Oc2cc(-c3ccc(CC(N)C(=O)O)cc3)nc(N)n2)C(F)(F)F)c1. The number of halogens is 4. The van der Waals surface area contributed by atoms with Gasteiger partial charge in [-0.15, -0.1) is 0 Å². The van der Waals surface area contributed by atoms with Gasteiger partial charge in [0.05, 0.1) is 12.8 Å². The highest BCUT2D eigenvalue weighted by Gasteiger charge is 2.59. The Bertz CT molecular complexity index is 1500. The van der Waals surface area contributed by atoms with Gasteiger partial charge in [-0.2, -0.15) is 18.2 Å². The summed E-state index contributed by atoms with van der Waals surface area (Å²) in [5, 5.41) is 5.63. The van der Waals surface area contributed by atoms with Crippen molar-refractivity contribution < 1.29 is 32.5 Å². The lowest BCUT2D eigenvalue weighted by molar-refractivity contribution is -0.219. The van der Waals surface area contributed by atoms with E-state index in [1.807, 2.05) is 0 Å². The molecule has 0 saturated carbocycles. The van der Waals surface area contributed by atoms with E-state index in [0.717, 1.165) is 6.07 Å². The van der Waals surface area contributed by atoms with E-state index in [-0.39, 0.29) is 29.4 Å². The van der Waals surface area contributed by atoms with Gasteiger partial charge in [-0.05, 0) is 35.2 Å². The number of ether oxygens (including phenoxy) is 2. The first-order valence-electron chi connectivity index (χ1n) is 11.8. The quantitative estimate of drug-likeness (QED) is 0.227. The maximum absolute atomic E-state index is 14.7. The summed E-state index contributed by atoms with van der Waals surface area (Å²) in [5.41, 5.74) is 12.9. The van der Waals surface area contributed by atoms with Crippen molar-refractivity contribution in [2.45, 2.75) is 23.7 Å². The summed E-state index contributed by atoms with van der Waals surface area (Å²) in [6.45, 7) is 0. The molecule has 0 aliphatic heterocycles. The number of nitrogens with two attached hydrogens (primary N) is 2. The van der Waals surface area contributed by atoms with Gasteiger partial charge in [-0.3, -0.25) is 4.79 Å². The predicted molar refractivity (Wildman–Crippen MR) is 144 cm³/mol. The van der Waals surface area contributed by atoms with E-state index in [9.17, 15) is 18.0 Å². The molecule has 4 rings (SSSR count). The fourth-order valence-electron chi connectivity index (χ4n) is 3.99. The van der Waals surface area contributed by atoms with Crippen molar-refractivity contribution in [1.82, 2.24) is 9.97 Å². The number of nitrogens with zero attached hydrogens (tertiary/aromatic N) is 2. The zero-order chi connectivity index (χ0) is 29.1. The molecule has 3 aromatic carbocycles. The number of anilines is 1. The number of hydrogen-bond acceptors (Lipinski definition) is 7. The lowest BCUT2D eigenvalue weighted by Gasteiger charge is -2.32. The topological polar surface area (TPSA) is 134 Å². The number of aliphatic carboxylic acids is 1. The van der Waals surface area contributed by atoms with E-state index < -0.39 is 34.7 Å². The maximum atomic E-state index is 14.7. The van der Waals surface area contributed by atoms with Gasteiger partial charge in [0.2, 0.25) is 11.8 Å². The summed E-state index contributed by atoms with van der Waals surface area (Å²) < 4.78 is 54.7. The van der Waals surface area contributed by atoms with Crippen molar-refractivity contribution in [3.63, 3.8) is 0 Å². The van der Waals surface area contributed by atoms with Crippen molar-refractivity contribution in [2.24, 2.45) is 5.73 Å². The molecular weight excluding hydrogens is 549 g/mol. The molecule has 8 nitrogen and oxygen atoms in total. The molecule has 0 amide bonds. The molecule has 2 unspecified atom stereocenters. The van der Waals surface area contributed by atoms with Crippen LogP contribution < -0.4 is 20.9 Å². The first-order chi connectivity index (χ1) is 18.9. The van der Waals surface area contributed by atoms with Crippen LogP contribution in [0.15, 0.2) is 78.9 Å². The fraction of sp³-hybridized carbons (Fsp3) is 0.179. The van der Waals surface area contributed by atoms with E-state index in [4.69, 9.17) is 37.6 Å². The Morgan fingerprint density at radius 1 is 1.00 bits per heavy atom. The minimum absolute atomic E-state index is 0.0839. The van der Waals surface area contributed by atoms with Gasteiger partial charge in [0.15, 0.2) is 0 Å². The van der Waals surface area contributed by atoms with Crippen LogP contribution in [0, 0.1) is 0 Å². The second-order valence-electron chi connectivity index (χ2n) is 8.77. The highest BCUT2D eigenvalue weighted by Crippen LogP contribution is 2.50. The van der Waals surface area contributed by atoms with Crippen LogP contribution in [0.4, 0.5) is 19.1 Å². The Morgan fingerprint density at radius 3 is 2.27 bits per heavy atom. The number of benzene rings is 3. The average molecular weight is 573 g/mol. The van der Waals surface area contributed by atoms with E-state index in [1.165, 1.54) is 25.3 Å². The molecule has 1 aromatic heterocycles. The molecule has 12 heteroatoms. The van der Waals surface area contributed by atoms with E-state index >= 15 is 0 Å². The number of rotatable bonds is 9. The number of methoxy groups -OCH3 is 1. The number of aromatic nitrogens is 2. The summed E-state index contributed by atoms with van der Waals surface area (Å²) in [6.07, 6.45) is -5.03. The number of hydrogen-bond donors (Lipinski definition) is 3. The number of alkyl halides is 4. The summed E-state index contributed by atoms with van der Waals surface area (Å²) in [4.78, 5) is 19.0. The summed E-state index contributed by atoms with van der Waals surface area (Å²) in [7, 11) is 1.32. The maximum Gasteiger partial charge on any atom is 0.448 e. The van der Waals surface area contributed by atoms with Crippen molar-refractivity contribution in [1.29, 1.82) is 0 Å². The predicted octanol–water partition coefficient (Wildman–Crippen LogP) is 5.39. The zero-order valence-electron chi connectivity index (χ0n) is 21.0. The third-order valence-electron chi connectivity index (χ3n) is 6.01. The molecule has 5 N–H and O–H groups in total. The Hall–Kier alpha value is -4.35. The number of carboxylic acid groups (broad SMARTS) is 1. The smallest absolute Gasteiger partial charge is 0.448 e. The molecule has 1 heterocycles. The molecule has 40 heavy (non-hydrogen) atoms. The second-order valence-corrected chi connectivity index (χ2v) is 9.30. The number of carbonyl (C=O) groups is 1. The molecule has 0 aliphatic carbocycles. The van der Waals surface area contributed by atoms with Crippen LogP contribution in [0.5, 0.6) is 11.6 Å². The molecule has 0 spiro atoms. The first kappa shape index (κ1) is 28.7. The first-order valence-corrected chi connectivity index (χ1v) is 12.2. The Labute approximate surface area is 232 Å². The fourth-order valence-corrected chi connectivity index (χ4v) is 4.23. The molecule has 0 aliphatic rings. The minimum atomic E-state index is -5.12. The highest BCUT2D eigenvalue weighted by molar-refractivity contribution is 6.24. The standard InChI is InChI=1S/C28H24ClF3N4O4/c1-39-19-11-12-20(17-5-3-2-4-6-17)21(14-19)27(29,28(30,31)32)40-24-15-23(35-26(34)36-24)18-9-7-16(8-10-18)13-22(33)25(37)38/h2-12,14-15,22H,13,33H2,1H3,(H,37,38)(H2,34,35,36). The van der Waals surface area contributed by atoms with Crippen molar-refractivity contribution in [3.05, 3.63) is 90.0 Å². The zero-order valence-corrected chi connectivity index (χ0v) is 21.8. The molecule has 0 saturated heterocycles. The Morgan fingerprint density at radius 2 is 1.68 bits per heavy atom. The van der Waals surface area contributed by atoms with Gasteiger partial charge in [-0.1, -0.05) is 72.3 Å². The summed E-state index contributed by atoms with van der Waals surface area (Å²) in [6, 6.07) is 19.1. The van der Waals surface area contributed by atoms with Crippen molar-refractivity contribution in [2.75, 3.05) is 12.8 Å². The highest BCUT2D eigenvalue weighted by atomic mass is 35.5. The monoisotopic (exact) mass is 572 g/mol. The van der Waals surface area contributed by atoms with Crippen molar-refractivity contribution in [3.8, 4) is 34.0 Å². The average Bonchev–Trinajstić information content (AvgIpc) is 2.92. The van der Waals surface area contributed by atoms with E-state index in [1.54, 1.807) is 54.6 Å². The van der Waals surface area contributed by atoms with Gasteiger partial charge in [0.1, 0.15) is 11.8 Å². The van der Waals surface area contributed by atoms with Gasteiger partial charge in [-0.25, -0.2) is 4.98 Å². The third kappa shape index (κ3) is 6.11. The van der Waals surface area contributed by atoms with Crippen molar-refractivity contribution >= 4 is 23.5 Å². The van der Waals surface area contributed by atoms with Gasteiger partial charge in [0.25, 0.3) is 0 Å². The molecule has 4 aromatic rings. The van der Waals surface area contributed by atoms with Crippen LogP contribution in [0.3, 0.4) is 0 Å². The molecule has 2 atom stereocenters. The molecular formula is C28H24ClF3N4O4. The van der Waals surface area contributed by atoms with Gasteiger partial charge < -0.3 is 26.0 Å². The molecule has 0 radical (unpaired) electrons. The van der Waals surface area contributed by atoms with Crippen LogP contribution in [0.25, 0.3) is 22.4 Å². The number of carboxylic acids is 1. The molecule has 0 bridgehead atoms. The Balaban J connectivity index is 1.76. The van der Waals surface area contributed by atoms with Crippen LogP contribution in [0.2, 0.25) is 0 Å². The number of nitrogen functional groups attached to an aromatic ring is 1. The third-order valence-corrected chi connectivity index (χ3v) is 6.51. The summed E-state index contributed by atoms with van der Waals surface area (Å²) in [5.74, 6) is -1.87. The Kier molecular flexibility index (Phi) is 8.17. The molecule has 208 valence electrons. The molecule has 0 fully saturated rings. The van der Waals surface area contributed by atoms with Gasteiger partial charge in [0, 0.05) is 17.2 Å². The van der Waals surface area contributed by atoms with E-state index in [0.29, 0.717) is 16.7 Å². The van der Waals surface area contributed by atoms with Crippen LogP contribution >= 0.6 is 11.6 Å². The largest absolute Gasteiger partial charge is 0.497 e. The van der Waals surface area contributed by atoms with Crippen LogP contribution in [0.1, 0.15) is 11.1 Å². The van der Waals surface area contributed by atoms with Crippen LogP contribution in [-0.2, 0) is 16.3 Å².